The van der Waals surface area contributed by atoms with E-state index < -0.39 is 0 Å². The van der Waals surface area contributed by atoms with Crippen molar-refractivity contribution in [2.45, 2.75) is 129 Å². The lowest BCUT2D eigenvalue weighted by Gasteiger charge is -2.42. The first-order chi connectivity index (χ1) is 12.3. The summed E-state index contributed by atoms with van der Waals surface area (Å²) in [5.74, 6) is 0. The fourth-order valence-electron chi connectivity index (χ4n) is 4.73. The maximum absolute atomic E-state index is 2.32. The maximum atomic E-state index is 2.32. The van der Waals surface area contributed by atoms with Crippen molar-refractivity contribution in [3.8, 4) is 0 Å². The SMILES string of the molecule is CCCCCCCCCCCC[N+]1(CCCCCCC)CCCCC1.[Br-]. The number of halogens is 1. The van der Waals surface area contributed by atoms with Gasteiger partial charge in [0.1, 0.15) is 0 Å². The molecule has 0 aliphatic carbocycles. The standard InChI is InChI=1S/C24H50N.BrH/c1-3-5-7-9-10-11-12-13-15-18-22-25(23-19-16-20-24-25)21-17-14-8-6-4-2;/h3-24H2,1-2H3;1H/q+1;/p-1. The molecule has 1 rings (SSSR count). The van der Waals surface area contributed by atoms with Crippen LogP contribution in [0.25, 0.3) is 0 Å². The first-order valence-corrected chi connectivity index (χ1v) is 12.2. The molecule has 26 heavy (non-hydrogen) atoms. The summed E-state index contributed by atoms with van der Waals surface area (Å²) in [4.78, 5) is 0. The molecule has 0 N–H and O–H groups in total. The fraction of sp³-hybridized carbons (Fsp3) is 1.00. The Kier molecular flexibility index (Phi) is 19.1. The quantitative estimate of drug-likeness (QED) is 0.227. The van der Waals surface area contributed by atoms with Crippen LogP contribution in [0.3, 0.4) is 0 Å². The molecule has 0 spiro atoms. The van der Waals surface area contributed by atoms with E-state index >= 15 is 0 Å². The van der Waals surface area contributed by atoms with Crippen molar-refractivity contribution < 1.29 is 21.5 Å². The van der Waals surface area contributed by atoms with Gasteiger partial charge in [-0.15, -0.1) is 0 Å². The highest BCUT2D eigenvalue weighted by molar-refractivity contribution is 4.57. The first-order valence-electron chi connectivity index (χ1n) is 12.2. The van der Waals surface area contributed by atoms with Gasteiger partial charge in [0.2, 0.25) is 0 Å². The fourth-order valence-corrected chi connectivity index (χ4v) is 4.73. The maximum Gasteiger partial charge on any atom is 0.0786 e. The van der Waals surface area contributed by atoms with E-state index in [9.17, 15) is 0 Å². The molecule has 1 aliphatic rings. The molecule has 0 unspecified atom stereocenters. The summed E-state index contributed by atoms with van der Waals surface area (Å²) in [5.41, 5.74) is 0. The van der Waals surface area contributed by atoms with Crippen LogP contribution >= 0.6 is 0 Å². The van der Waals surface area contributed by atoms with Gasteiger partial charge in [-0.25, -0.2) is 0 Å². The van der Waals surface area contributed by atoms with Crippen LogP contribution in [0, 0.1) is 0 Å². The van der Waals surface area contributed by atoms with Crippen molar-refractivity contribution in [3.05, 3.63) is 0 Å². The molecule has 0 bridgehead atoms. The molecule has 0 aromatic rings. The summed E-state index contributed by atoms with van der Waals surface area (Å²) < 4.78 is 1.49. The molecule has 0 radical (unpaired) electrons. The van der Waals surface area contributed by atoms with Crippen molar-refractivity contribution in [1.82, 2.24) is 0 Å². The van der Waals surface area contributed by atoms with Gasteiger partial charge in [0.25, 0.3) is 0 Å². The molecule has 1 aliphatic heterocycles. The number of piperidine rings is 1. The Balaban J connectivity index is 0.00000625. The van der Waals surface area contributed by atoms with Crippen LogP contribution in [0.5, 0.6) is 0 Å². The molecule has 158 valence electrons. The molecule has 1 heterocycles. The smallest absolute Gasteiger partial charge is 0.0786 e. The lowest BCUT2D eigenvalue weighted by Crippen LogP contribution is -3.00. The van der Waals surface area contributed by atoms with Crippen LogP contribution in [-0.4, -0.2) is 30.7 Å². The first kappa shape index (κ1) is 26.4. The Labute approximate surface area is 177 Å². The third kappa shape index (κ3) is 13.6. The monoisotopic (exact) mass is 431 g/mol. The zero-order valence-corrected chi connectivity index (χ0v) is 20.0. The zero-order valence-electron chi connectivity index (χ0n) is 18.4. The van der Waals surface area contributed by atoms with Gasteiger partial charge in [-0.3, -0.25) is 0 Å². The van der Waals surface area contributed by atoms with Crippen LogP contribution in [0.15, 0.2) is 0 Å². The minimum Gasteiger partial charge on any atom is -1.00 e. The van der Waals surface area contributed by atoms with E-state index in [2.05, 4.69) is 13.8 Å². The van der Waals surface area contributed by atoms with Crippen molar-refractivity contribution in [1.29, 1.82) is 0 Å². The minimum absolute atomic E-state index is 0. The Morgan fingerprint density at radius 2 is 0.808 bits per heavy atom. The molecular formula is C24H50BrN. The zero-order chi connectivity index (χ0) is 18.1. The lowest BCUT2D eigenvalue weighted by molar-refractivity contribution is -0.932. The third-order valence-corrected chi connectivity index (χ3v) is 6.49. The summed E-state index contributed by atoms with van der Waals surface area (Å²) in [7, 11) is 0. The van der Waals surface area contributed by atoms with Crippen LogP contribution in [0.4, 0.5) is 0 Å². The van der Waals surface area contributed by atoms with Gasteiger partial charge in [-0.2, -0.15) is 0 Å². The Morgan fingerprint density at radius 1 is 0.462 bits per heavy atom. The van der Waals surface area contributed by atoms with E-state index in [1.54, 1.807) is 0 Å². The minimum atomic E-state index is 0. The van der Waals surface area contributed by atoms with Crippen molar-refractivity contribution in [2.75, 3.05) is 26.2 Å². The topological polar surface area (TPSA) is 0 Å². The van der Waals surface area contributed by atoms with Crippen LogP contribution in [0.1, 0.15) is 129 Å². The molecule has 1 fully saturated rings. The van der Waals surface area contributed by atoms with Crippen molar-refractivity contribution in [2.24, 2.45) is 0 Å². The lowest BCUT2D eigenvalue weighted by atomic mass is 10.0. The summed E-state index contributed by atoms with van der Waals surface area (Å²) >= 11 is 0. The Hall–Kier alpha value is 0.440. The van der Waals surface area contributed by atoms with Gasteiger partial charge in [-0.05, 0) is 44.9 Å². The average Bonchev–Trinajstić information content (AvgIpc) is 2.64. The van der Waals surface area contributed by atoms with E-state index in [0.29, 0.717) is 0 Å². The van der Waals surface area contributed by atoms with Crippen LogP contribution in [0.2, 0.25) is 0 Å². The molecule has 1 saturated heterocycles. The van der Waals surface area contributed by atoms with E-state index in [1.807, 2.05) is 0 Å². The van der Waals surface area contributed by atoms with Gasteiger partial charge in [0, 0.05) is 0 Å². The molecule has 0 aromatic heterocycles. The van der Waals surface area contributed by atoms with Crippen molar-refractivity contribution in [3.63, 3.8) is 0 Å². The highest BCUT2D eigenvalue weighted by Crippen LogP contribution is 2.22. The summed E-state index contributed by atoms with van der Waals surface area (Å²) in [5, 5.41) is 0. The number of rotatable bonds is 17. The van der Waals surface area contributed by atoms with E-state index in [1.165, 1.54) is 146 Å². The van der Waals surface area contributed by atoms with Gasteiger partial charge < -0.3 is 21.5 Å². The van der Waals surface area contributed by atoms with Gasteiger partial charge in [0.05, 0.1) is 26.2 Å². The number of hydrogen-bond donors (Lipinski definition) is 0. The highest BCUT2D eigenvalue weighted by Gasteiger charge is 2.28. The van der Waals surface area contributed by atoms with E-state index in [4.69, 9.17) is 0 Å². The predicted molar refractivity (Wildman–Crippen MR) is 114 cm³/mol. The number of nitrogens with zero attached hydrogens (tertiary/aromatic N) is 1. The summed E-state index contributed by atoms with van der Waals surface area (Å²) in [6.45, 7) is 10.6. The molecule has 0 saturated carbocycles. The second kappa shape index (κ2) is 18.8. The molecule has 2 heteroatoms. The average molecular weight is 433 g/mol. The number of quaternary nitrogens is 1. The second-order valence-electron chi connectivity index (χ2n) is 8.89. The summed E-state index contributed by atoms with van der Waals surface area (Å²) in [6, 6.07) is 0. The molecule has 0 aromatic carbocycles. The predicted octanol–water partition coefficient (Wildman–Crippen LogP) is 4.88. The largest absolute Gasteiger partial charge is 1.00 e. The van der Waals surface area contributed by atoms with Gasteiger partial charge in [0.15, 0.2) is 0 Å². The third-order valence-electron chi connectivity index (χ3n) is 6.49. The van der Waals surface area contributed by atoms with E-state index in [-0.39, 0.29) is 17.0 Å². The molecule has 0 amide bonds. The Bertz CT molecular complexity index is 273. The number of hydrogen-bond acceptors (Lipinski definition) is 0. The summed E-state index contributed by atoms with van der Waals surface area (Å²) in [6.07, 6.45) is 26.4. The number of likely N-dealkylation sites (tertiary alicyclic amines) is 1. The molecule has 1 nitrogen and oxygen atoms in total. The van der Waals surface area contributed by atoms with Crippen LogP contribution < -0.4 is 17.0 Å². The molecule has 0 atom stereocenters. The van der Waals surface area contributed by atoms with Crippen molar-refractivity contribution >= 4 is 0 Å². The van der Waals surface area contributed by atoms with Crippen LogP contribution in [-0.2, 0) is 0 Å². The molecular weight excluding hydrogens is 382 g/mol. The number of unbranched alkanes of at least 4 members (excludes halogenated alkanes) is 13. The van der Waals surface area contributed by atoms with E-state index in [0.717, 1.165) is 0 Å². The van der Waals surface area contributed by atoms with Gasteiger partial charge >= 0.3 is 0 Å². The normalized spacial score (nSPS) is 16.4. The second-order valence-corrected chi connectivity index (χ2v) is 8.89. The van der Waals surface area contributed by atoms with Gasteiger partial charge in [-0.1, -0.05) is 84.5 Å². The Morgan fingerprint density at radius 3 is 1.19 bits per heavy atom. The highest BCUT2D eigenvalue weighted by atomic mass is 79.9.